The van der Waals surface area contributed by atoms with Gasteiger partial charge in [0.1, 0.15) is 28.6 Å². The lowest BCUT2D eigenvalue weighted by atomic mass is 9.84. The number of phenolic OH excluding ortho intramolecular Hbond substituents is 2. The van der Waals surface area contributed by atoms with Gasteiger partial charge < -0.3 is 39.7 Å². The molecule has 3 atom stereocenters. The fourth-order valence-corrected chi connectivity index (χ4v) is 6.16. The topological polar surface area (TPSA) is 188 Å². The summed E-state index contributed by atoms with van der Waals surface area (Å²) < 4.78 is 21.6. The Kier molecular flexibility index (Phi) is 13.8. The number of fused-ring (bicyclic) bond motifs is 1. The minimum atomic E-state index is -1.16. The standard InChI is InChI=1S/C38H46N2O11/c1-23-9-8-12-27(41)11-7-5-6-10-26-19-31(42)36(37(44)35(26)38(45)51-23)29(24-13-15-28(48-2)16-14-24)21-34(43)39-18-17-25-20-32(49-3)33(50-4)22-30(25)40(46)47/h6,10,13-16,19-20,22-23,29,40,42,44,46H,5,7-9,11-12,17-18,21H2,1-4H3,(H,39,43)/b10-6+/t23-,29?/m0/s1. The molecular weight excluding hydrogens is 660 g/mol. The van der Waals surface area contributed by atoms with Crippen molar-refractivity contribution in [3.63, 3.8) is 0 Å². The average Bonchev–Trinajstić information content (AvgIpc) is 3.10. The number of carbonyl (C=O) groups is 3. The summed E-state index contributed by atoms with van der Waals surface area (Å²) in [5, 5.41) is 46.6. The lowest BCUT2D eigenvalue weighted by Crippen LogP contribution is -2.99. The summed E-state index contributed by atoms with van der Waals surface area (Å²) in [6.07, 6.45) is 5.75. The van der Waals surface area contributed by atoms with Crippen molar-refractivity contribution in [2.45, 2.75) is 70.3 Å². The van der Waals surface area contributed by atoms with Gasteiger partial charge in [-0.3, -0.25) is 9.59 Å². The lowest BCUT2D eigenvalue weighted by molar-refractivity contribution is -0.991. The molecule has 0 spiro atoms. The minimum Gasteiger partial charge on any atom is -0.595 e. The zero-order valence-corrected chi connectivity index (χ0v) is 29.3. The largest absolute Gasteiger partial charge is 0.595 e. The van der Waals surface area contributed by atoms with E-state index < -0.39 is 34.9 Å². The average molecular weight is 707 g/mol. The van der Waals surface area contributed by atoms with Gasteiger partial charge in [-0.2, -0.15) is 5.23 Å². The number of esters is 1. The van der Waals surface area contributed by atoms with Crippen LogP contribution in [0.3, 0.4) is 0 Å². The Bertz CT molecular complexity index is 1720. The first-order valence-electron chi connectivity index (χ1n) is 16.8. The van der Waals surface area contributed by atoms with Gasteiger partial charge in [0, 0.05) is 48.9 Å². The van der Waals surface area contributed by atoms with Gasteiger partial charge in [-0.1, -0.05) is 24.3 Å². The SMILES string of the molecule is COc1ccc(C(CC(=O)NCCc2cc(OC)c(OC)cc2[NH+]([O-])O)c2c(O)cc3c(c2O)C(=O)O[C@@H](C)CCCC(=O)CCC/C=C/3)cc1. The Hall–Kier alpha value is -5.11. The van der Waals surface area contributed by atoms with Crippen LogP contribution in [0, 0.1) is 5.21 Å². The van der Waals surface area contributed by atoms with E-state index >= 15 is 0 Å². The quantitative estimate of drug-likeness (QED) is 0.135. The number of methoxy groups -OCH3 is 3. The van der Waals surface area contributed by atoms with Crippen LogP contribution in [0.15, 0.2) is 48.5 Å². The number of amides is 1. The Morgan fingerprint density at radius 3 is 2.37 bits per heavy atom. The smallest absolute Gasteiger partial charge is 0.342 e. The van der Waals surface area contributed by atoms with E-state index in [1.54, 1.807) is 49.4 Å². The van der Waals surface area contributed by atoms with E-state index in [-0.39, 0.29) is 59.0 Å². The van der Waals surface area contributed by atoms with E-state index in [0.29, 0.717) is 61.2 Å². The van der Waals surface area contributed by atoms with E-state index in [4.69, 9.17) is 18.9 Å². The van der Waals surface area contributed by atoms with Crippen LogP contribution in [-0.4, -0.2) is 67.1 Å². The molecule has 0 saturated heterocycles. The van der Waals surface area contributed by atoms with Gasteiger partial charge in [0.05, 0.1) is 27.4 Å². The molecule has 0 radical (unpaired) electrons. The Morgan fingerprint density at radius 1 is 1.02 bits per heavy atom. The maximum absolute atomic E-state index is 13.6. The molecule has 1 aliphatic rings. The molecule has 274 valence electrons. The molecule has 0 saturated carbocycles. The molecule has 4 rings (SSSR count). The summed E-state index contributed by atoms with van der Waals surface area (Å²) in [4.78, 5) is 39.3. The third-order valence-corrected chi connectivity index (χ3v) is 8.86. The second-order valence-electron chi connectivity index (χ2n) is 12.4. The Balaban J connectivity index is 1.68. The second kappa shape index (κ2) is 18.2. The van der Waals surface area contributed by atoms with Crippen molar-refractivity contribution < 1.29 is 54.0 Å². The Labute approximate surface area is 296 Å². The fourth-order valence-electron chi connectivity index (χ4n) is 6.16. The molecule has 0 aromatic heterocycles. The van der Waals surface area contributed by atoms with Crippen LogP contribution >= 0.6 is 0 Å². The van der Waals surface area contributed by atoms with Crippen molar-refractivity contribution in [3.8, 4) is 28.7 Å². The highest BCUT2D eigenvalue weighted by Crippen LogP contribution is 2.44. The highest BCUT2D eigenvalue weighted by atomic mass is 16.8. The summed E-state index contributed by atoms with van der Waals surface area (Å²) in [5.41, 5.74) is 1.02. The molecule has 3 aromatic rings. The molecule has 51 heavy (non-hydrogen) atoms. The van der Waals surface area contributed by atoms with E-state index in [2.05, 4.69) is 5.32 Å². The molecule has 13 heteroatoms. The summed E-state index contributed by atoms with van der Waals surface area (Å²) in [6, 6.07) is 11.0. The molecule has 0 bridgehead atoms. The Morgan fingerprint density at radius 2 is 1.71 bits per heavy atom. The highest BCUT2D eigenvalue weighted by Gasteiger charge is 2.31. The fraction of sp³-hybridized carbons (Fsp3) is 0.395. The predicted octanol–water partition coefficient (Wildman–Crippen LogP) is 4.89. The van der Waals surface area contributed by atoms with Crippen LogP contribution in [0.25, 0.3) is 6.08 Å². The normalized spacial score (nSPS) is 17.3. The number of rotatable bonds is 11. The maximum atomic E-state index is 13.6. The first-order valence-corrected chi connectivity index (χ1v) is 16.8. The second-order valence-corrected chi connectivity index (χ2v) is 12.4. The van der Waals surface area contributed by atoms with Crippen LogP contribution in [0.4, 0.5) is 5.69 Å². The van der Waals surface area contributed by atoms with Crippen LogP contribution in [0.1, 0.15) is 90.4 Å². The van der Waals surface area contributed by atoms with Gasteiger partial charge >= 0.3 is 5.97 Å². The number of allylic oxidation sites excluding steroid dienone is 1. The minimum absolute atomic E-state index is 0.00128. The zero-order valence-electron chi connectivity index (χ0n) is 29.3. The molecule has 0 fully saturated rings. The molecule has 1 amide bonds. The number of aromatic hydroxyl groups is 2. The number of carbonyl (C=O) groups excluding carboxylic acids is 3. The molecule has 13 nitrogen and oxygen atoms in total. The number of ether oxygens (including phenoxy) is 4. The third kappa shape index (κ3) is 10.00. The van der Waals surface area contributed by atoms with Crippen molar-refractivity contribution >= 4 is 29.4 Å². The molecule has 1 heterocycles. The number of hydrogen-bond acceptors (Lipinski definition) is 11. The van der Waals surface area contributed by atoms with Gasteiger partial charge in [-0.05, 0) is 74.4 Å². The van der Waals surface area contributed by atoms with Gasteiger partial charge in [0.15, 0.2) is 17.2 Å². The number of ketones is 1. The lowest BCUT2D eigenvalue weighted by Gasteiger charge is -2.23. The highest BCUT2D eigenvalue weighted by molar-refractivity contribution is 5.98. The van der Waals surface area contributed by atoms with E-state index in [0.717, 1.165) is 0 Å². The summed E-state index contributed by atoms with van der Waals surface area (Å²) >= 11 is 0. The summed E-state index contributed by atoms with van der Waals surface area (Å²) in [6.45, 7) is 1.78. The van der Waals surface area contributed by atoms with Crippen molar-refractivity contribution in [1.82, 2.24) is 5.32 Å². The monoisotopic (exact) mass is 706 g/mol. The van der Waals surface area contributed by atoms with Crippen LogP contribution < -0.4 is 24.8 Å². The summed E-state index contributed by atoms with van der Waals surface area (Å²) in [7, 11) is 4.35. The van der Waals surface area contributed by atoms with Crippen LogP contribution in [0.2, 0.25) is 0 Å². The molecule has 1 aliphatic heterocycles. The van der Waals surface area contributed by atoms with Crippen molar-refractivity contribution in [2.75, 3.05) is 27.9 Å². The van der Waals surface area contributed by atoms with E-state index in [9.17, 15) is 35.0 Å². The predicted molar refractivity (Wildman–Crippen MR) is 188 cm³/mol. The zero-order chi connectivity index (χ0) is 37.1. The number of phenols is 2. The number of cyclic esters (lactones) is 1. The molecular formula is C38H46N2O11. The number of nitrogens with one attached hydrogen (secondary N) is 2. The number of Topliss-reactive ketones (excluding diaryl/α,β-unsaturated/α-hetero) is 1. The van der Waals surface area contributed by atoms with Gasteiger partial charge in [-0.25, -0.2) is 10.0 Å². The van der Waals surface area contributed by atoms with Gasteiger partial charge in [-0.15, -0.1) is 0 Å². The van der Waals surface area contributed by atoms with Crippen LogP contribution in [0.5, 0.6) is 28.7 Å². The van der Waals surface area contributed by atoms with Gasteiger partial charge in [0.25, 0.3) is 0 Å². The molecule has 3 aromatic carbocycles. The number of benzene rings is 3. The van der Waals surface area contributed by atoms with Gasteiger partial charge in [0.2, 0.25) is 5.91 Å². The van der Waals surface area contributed by atoms with Crippen molar-refractivity contribution in [3.05, 3.63) is 81.6 Å². The van der Waals surface area contributed by atoms with Crippen molar-refractivity contribution in [2.24, 2.45) is 0 Å². The first-order chi connectivity index (χ1) is 24.5. The number of quaternary nitrogens is 1. The van der Waals surface area contributed by atoms with E-state index in [1.165, 1.54) is 33.5 Å². The van der Waals surface area contributed by atoms with E-state index in [1.807, 2.05) is 0 Å². The third-order valence-electron chi connectivity index (χ3n) is 8.86. The molecule has 5 N–H and O–H groups in total. The molecule has 2 unspecified atom stereocenters. The van der Waals surface area contributed by atoms with Crippen molar-refractivity contribution in [1.29, 1.82) is 0 Å². The number of hydrogen-bond donors (Lipinski definition) is 5. The first kappa shape index (κ1) is 38.7. The van der Waals surface area contributed by atoms with Crippen LogP contribution in [-0.2, 0) is 20.7 Å². The molecule has 0 aliphatic carbocycles. The maximum Gasteiger partial charge on any atom is 0.342 e. The summed E-state index contributed by atoms with van der Waals surface area (Å²) in [5.74, 6) is -1.73.